The van der Waals surface area contributed by atoms with Crippen LogP contribution in [0.25, 0.3) is 0 Å². The summed E-state index contributed by atoms with van der Waals surface area (Å²) in [6.07, 6.45) is -2.81. The SMILES string of the molecule is CCOC(=O)[C@H]1CCCN(C(=S)Nc2ccc(C(F)(F)F)cc2)C1. The summed E-state index contributed by atoms with van der Waals surface area (Å²) in [6.45, 7) is 3.24. The quantitative estimate of drug-likeness (QED) is 0.658. The normalized spacial score (nSPS) is 18.2. The molecule has 1 N–H and O–H groups in total. The number of nitrogens with zero attached hydrogens (tertiary/aromatic N) is 1. The molecule has 0 aromatic heterocycles. The summed E-state index contributed by atoms with van der Waals surface area (Å²) in [5, 5.41) is 3.31. The summed E-state index contributed by atoms with van der Waals surface area (Å²) in [6, 6.07) is 4.68. The average molecular weight is 360 g/mol. The number of thiocarbonyl (C=S) groups is 1. The van der Waals surface area contributed by atoms with Crippen LogP contribution in [0.1, 0.15) is 25.3 Å². The lowest BCUT2D eigenvalue weighted by Gasteiger charge is -2.33. The van der Waals surface area contributed by atoms with Crippen LogP contribution >= 0.6 is 12.2 Å². The number of anilines is 1. The van der Waals surface area contributed by atoms with Crippen LogP contribution in [0.3, 0.4) is 0 Å². The van der Waals surface area contributed by atoms with E-state index in [1.165, 1.54) is 12.1 Å². The molecule has 1 fully saturated rings. The number of ether oxygens (including phenoxy) is 1. The van der Waals surface area contributed by atoms with E-state index in [2.05, 4.69) is 5.32 Å². The molecule has 8 heteroatoms. The van der Waals surface area contributed by atoms with E-state index in [-0.39, 0.29) is 11.9 Å². The Balaban J connectivity index is 1.95. The number of nitrogens with one attached hydrogen (secondary N) is 1. The lowest BCUT2D eigenvalue weighted by atomic mass is 9.98. The van der Waals surface area contributed by atoms with Crippen molar-refractivity contribution in [2.75, 3.05) is 25.0 Å². The topological polar surface area (TPSA) is 41.6 Å². The average Bonchev–Trinajstić information content (AvgIpc) is 2.55. The highest BCUT2D eigenvalue weighted by atomic mass is 32.1. The van der Waals surface area contributed by atoms with E-state index in [9.17, 15) is 18.0 Å². The molecule has 0 bridgehead atoms. The van der Waals surface area contributed by atoms with Crippen molar-refractivity contribution >= 4 is 29.0 Å². The summed E-state index contributed by atoms with van der Waals surface area (Å²) in [5.41, 5.74) is -0.231. The van der Waals surface area contributed by atoms with Gasteiger partial charge in [-0.15, -0.1) is 0 Å². The molecule has 0 radical (unpaired) electrons. The van der Waals surface area contributed by atoms with Crippen LogP contribution in [0.5, 0.6) is 0 Å². The van der Waals surface area contributed by atoms with E-state index >= 15 is 0 Å². The second kappa shape index (κ2) is 7.83. The van der Waals surface area contributed by atoms with Crippen LogP contribution in [-0.2, 0) is 15.7 Å². The van der Waals surface area contributed by atoms with Crippen molar-refractivity contribution in [3.05, 3.63) is 29.8 Å². The van der Waals surface area contributed by atoms with Gasteiger partial charge in [-0.2, -0.15) is 13.2 Å². The van der Waals surface area contributed by atoms with Crippen LogP contribution in [0.4, 0.5) is 18.9 Å². The summed E-state index contributed by atoms with van der Waals surface area (Å²) in [5.74, 6) is -0.467. The molecular weight excluding hydrogens is 341 g/mol. The highest BCUT2D eigenvalue weighted by Crippen LogP contribution is 2.30. The molecule has 24 heavy (non-hydrogen) atoms. The van der Waals surface area contributed by atoms with Crippen molar-refractivity contribution in [1.29, 1.82) is 0 Å². The molecule has 0 amide bonds. The number of halogens is 3. The monoisotopic (exact) mass is 360 g/mol. The van der Waals surface area contributed by atoms with Crippen LogP contribution in [0, 0.1) is 5.92 Å². The zero-order valence-electron chi connectivity index (χ0n) is 13.2. The fourth-order valence-corrected chi connectivity index (χ4v) is 2.84. The summed E-state index contributed by atoms with van der Waals surface area (Å²) < 4.78 is 42.7. The zero-order valence-corrected chi connectivity index (χ0v) is 14.0. The lowest BCUT2D eigenvalue weighted by molar-refractivity contribution is -0.149. The fraction of sp³-hybridized carbons (Fsp3) is 0.500. The van der Waals surface area contributed by atoms with Gasteiger partial charge in [0.25, 0.3) is 0 Å². The van der Waals surface area contributed by atoms with Crippen molar-refractivity contribution in [1.82, 2.24) is 4.90 Å². The summed E-state index contributed by atoms with van der Waals surface area (Å²) in [4.78, 5) is 13.7. The highest BCUT2D eigenvalue weighted by molar-refractivity contribution is 7.80. The molecule has 1 heterocycles. The summed E-state index contributed by atoms with van der Waals surface area (Å²) in [7, 11) is 0. The Morgan fingerprint density at radius 2 is 2.04 bits per heavy atom. The predicted octanol–water partition coefficient (Wildman–Crippen LogP) is 3.68. The molecule has 1 aromatic carbocycles. The van der Waals surface area contributed by atoms with Crippen molar-refractivity contribution < 1.29 is 22.7 Å². The van der Waals surface area contributed by atoms with Crippen LogP contribution in [-0.4, -0.2) is 35.7 Å². The number of hydrogen-bond acceptors (Lipinski definition) is 3. The van der Waals surface area contributed by atoms with Gasteiger partial charge in [0.15, 0.2) is 5.11 Å². The van der Waals surface area contributed by atoms with E-state index in [1.807, 2.05) is 4.90 Å². The maximum atomic E-state index is 12.6. The van der Waals surface area contributed by atoms with Gasteiger partial charge in [0, 0.05) is 18.8 Å². The van der Waals surface area contributed by atoms with Crippen molar-refractivity contribution in [2.24, 2.45) is 5.92 Å². The van der Waals surface area contributed by atoms with Gasteiger partial charge in [0.05, 0.1) is 18.1 Å². The third-order valence-corrected chi connectivity index (χ3v) is 4.15. The largest absolute Gasteiger partial charge is 0.466 e. The first kappa shape index (κ1) is 18.5. The van der Waals surface area contributed by atoms with Gasteiger partial charge in [-0.3, -0.25) is 4.79 Å². The number of likely N-dealkylation sites (tertiary alicyclic amines) is 1. The number of carbonyl (C=O) groups is 1. The van der Waals surface area contributed by atoms with E-state index < -0.39 is 11.7 Å². The Morgan fingerprint density at radius 3 is 2.62 bits per heavy atom. The number of rotatable bonds is 3. The molecule has 4 nitrogen and oxygen atoms in total. The third kappa shape index (κ3) is 4.83. The number of carbonyl (C=O) groups excluding carboxylic acids is 1. The maximum absolute atomic E-state index is 12.6. The molecule has 1 saturated heterocycles. The molecular formula is C16H19F3N2O2S. The lowest BCUT2D eigenvalue weighted by Crippen LogP contribution is -2.44. The van der Waals surface area contributed by atoms with E-state index in [1.54, 1.807) is 6.92 Å². The molecule has 1 atom stereocenters. The minimum absolute atomic E-state index is 0.231. The molecule has 132 valence electrons. The Labute approximate surface area is 144 Å². The van der Waals surface area contributed by atoms with Gasteiger partial charge in [-0.25, -0.2) is 0 Å². The predicted molar refractivity (Wildman–Crippen MR) is 88.6 cm³/mol. The molecule has 1 aliphatic heterocycles. The Kier molecular flexibility index (Phi) is 6.04. The third-order valence-electron chi connectivity index (χ3n) is 3.79. The molecule has 2 rings (SSSR count). The number of esters is 1. The van der Waals surface area contributed by atoms with Gasteiger partial charge in [-0.1, -0.05) is 0 Å². The molecule has 0 spiro atoms. The number of piperidine rings is 1. The van der Waals surface area contributed by atoms with Gasteiger partial charge in [-0.05, 0) is 56.2 Å². The first-order chi connectivity index (χ1) is 11.3. The van der Waals surface area contributed by atoms with E-state index in [0.717, 1.165) is 25.0 Å². The second-order valence-electron chi connectivity index (χ2n) is 5.54. The van der Waals surface area contributed by atoms with Crippen molar-refractivity contribution in [3.63, 3.8) is 0 Å². The summed E-state index contributed by atoms with van der Waals surface area (Å²) >= 11 is 5.31. The molecule has 1 aromatic rings. The van der Waals surface area contributed by atoms with E-state index in [4.69, 9.17) is 17.0 Å². The Morgan fingerprint density at radius 1 is 1.38 bits per heavy atom. The smallest absolute Gasteiger partial charge is 0.416 e. The second-order valence-corrected chi connectivity index (χ2v) is 5.93. The fourth-order valence-electron chi connectivity index (χ4n) is 2.56. The van der Waals surface area contributed by atoms with Gasteiger partial charge in [0.1, 0.15) is 0 Å². The Bertz CT molecular complexity index is 590. The number of hydrogen-bond donors (Lipinski definition) is 1. The standard InChI is InChI=1S/C16H19F3N2O2S/c1-2-23-14(22)11-4-3-9-21(10-11)15(24)20-13-7-5-12(6-8-13)16(17,18)19/h5-8,11H,2-4,9-10H2,1H3,(H,20,24)/t11-/m0/s1. The maximum Gasteiger partial charge on any atom is 0.416 e. The molecule has 1 aliphatic rings. The van der Waals surface area contributed by atoms with Gasteiger partial charge in [0.2, 0.25) is 0 Å². The zero-order chi connectivity index (χ0) is 17.7. The number of alkyl halides is 3. The minimum Gasteiger partial charge on any atom is -0.466 e. The minimum atomic E-state index is -4.36. The molecule has 0 aliphatic carbocycles. The first-order valence-corrected chi connectivity index (χ1v) is 8.12. The van der Waals surface area contributed by atoms with Gasteiger partial charge >= 0.3 is 12.1 Å². The van der Waals surface area contributed by atoms with Crippen LogP contribution in [0.2, 0.25) is 0 Å². The first-order valence-electron chi connectivity index (χ1n) is 7.71. The van der Waals surface area contributed by atoms with Crippen molar-refractivity contribution in [2.45, 2.75) is 25.9 Å². The van der Waals surface area contributed by atoms with Gasteiger partial charge < -0.3 is 15.0 Å². The number of benzene rings is 1. The Hall–Kier alpha value is -1.83. The van der Waals surface area contributed by atoms with E-state index in [0.29, 0.717) is 30.5 Å². The molecule has 0 unspecified atom stereocenters. The van der Waals surface area contributed by atoms with Crippen LogP contribution < -0.4 is 5.32 Å². The highest BCUT2D eigenvalue weighted by Gasteiger charge is 2.30. The van der Waals surface area contributed by atoms with Crippen LogP contribution in [0.15, 0.2) is 24.3 Å². The molecule has 0 saturated carbocycles. The van der Waals surface area contributed by atoms with Crippen molar-refractivity contribution in [3.8, 4) is 0 Å².